The van der Waals surface area contributed by atoms with Gasteiger partial charge in [0.05, 0.1) is 10.7 Å². The van der Waals surface area contributed by atoms with E-state index in [2.05, 4.69) is 11.1 Å². The van der Waals surface area contributed by atoms with Crippen molar-refractivity contribution < 1.29 is 9.18 Å². The van der Waals surface area contributed by atoms with E-state index < -0.39 is 0 Å². The van der Waals surface area contributed by atoms with Crippen LogP contribution in [0.15, 0.2) is 60.7 Å². The summed E-state index contributed by atoms with van der Waals surface area (Å²) in [6.07, 6.45) is 2.82. The average Bonchev–Trinajstić information content (AvgIpc) is 3.10. The number of rotatable bonds is 3. The predicted molar refractivity (Wildman–Crippen MR) is 107 cm³/mol. The minimum absolute atomic E-state index is 0.0221. The van der Waals surface area contributed by atoms with Crippen LogP contribution >= 0.6 is 11.3 Å². The predicted octanol–water partition coefficient (Wildman–Crippen LogP) is 5.19. The van der Waals surface area contributed by atoms with Crippen LogP contribution in [0, 0.1) is 12.7 Å². The third-order valence-electron chi connectivity index (χ3n) is 4.69. The number of nitrogens with zero attached hydrogens (tertiary/aromatic N) is 2. The number of carbonyl (C=O) groups is 1. The topological polar surface area (TPSA) is 33.2 Å². The molecule has 1 aliphatic rings. The summed E-state index contributed by atoms with van der Waals surface area (Å²) in [5.41, 5.74) is 3.89. The zero-order chi connectivity index (χ0) is 18.8. The molecule has 3 nitrogen and oxygen atoms in total. The maximum absolute atomic E-state index is 13.1. The Morgan fingerprint density at radius 2 is 1.81 bits per heavy atom. The first-order chi connectivity index (χ1) is 13.1. The summed E-state index contributed by atoms with van der Waals surface area (Å²) in [5, 5.41) is 0.886. The molecule has 2 heterocycles. The summed E-state index contributed by atoms with van der Waals surface area (Å²) < 4.78 is 13.1. The van der Waals surface area contributed by atoms with Gasteiger partial charge in [0.2, 0.25) is 0 Å². The molecule has 0 spiro atoms. The van der Waals surface area contributed by atoms with Gasteiger partial charge >= 0.3 is 0 Å². The zero-order valence-corrected chi connectivity index (χ0v) is 15.8. The van der Waals surface area contributed by atoms with E-state index in [4.69, 9.17) is 0 Å². The molecule has 0 bridgehead atoms. The molecular formula is C22H19FN2OS. The van der Waals surface area contributed by atoms with Crippen LogP contribution in [0.4, 0.5) is 4.39 Å². The molecule has 2 aromatic carbocycles. The Morgan fingerprint density at radius 1 is 1.07 bits per heavy atom. The number of amides is 1. The summed E-state index contributed by atoms with van der Waals surface area (Å²) in [5.74, 6) is -0.213. The lowest BCUT2D eigenvalue weighted by Gasteiger charge is -2.26. The van der Waals surface area contributed by atoms with Crippen molar-refractivity contribution in [2.24, 2.45) is 0 Å². The van der Waals surface area contributed by atoms with Crippen LogP contribution in [-0.2, 0) is 0 Å². The lowest BCUT2D eigenvalue weighted by Crippen LogP contribution is -2.34. The molecule has 27 heavy (non-hydrogen) atoms. The maximum atomic E-state index is 13.1. The zero-order valence-electron chi connectivity index (χ0n) is 15.0. The second-order valence-corrected chi connectivity index (χ2v) is 7.72. The molecule has 0 atom stereocenters. The first-order valence-corrected chi connectivity index (χ1v) is 9.70. The third kappa shape index (κ3) is 3.69. The van der Waals surface area contributed by atoms with Crippen LogP contribution in [-0.4, -0.2) is 28.9 Å². The number of halogens is 1. The Morgan fingerprint density at radius 3 is 2.48 bits per heavy atom. The lowest BCUT2D eigenvalue weighted by atomic mass is 9.99. The molecule has 0 unspecified atom stereocenters. The van der Waals surface area contributed by atoms with Crippen LogP contribution in [0.25, 0.3) is 16.8 Å². The van der Waals surface area contributed by atoms with Crippen molar-refractivity contribution >= 4 is 22.8 Å². The van der Waals surface area contributed by atoms with Crippen LogP contribution < -0.4 is 0 Å². The molecule has 1 aromatic heterocycles. The van der Waals surface area contributed by atoms with Crippen molar-refractivity contribution in [3.63, 3.8) is 0 Å². The molecule has 1 aliphatic heterocycles. The Kier molecular flexibility index (Phi) is 4.86. The Bertz CT molecular complexity index is 993. The second-order valence-electron chi connectivity index (χ2n) is 6.51. The fraction of sp³-hybridized carbons (Fsp3) is 0.182. The molecule has 0 fully saturated rings. The highest BCUT2D eigenvalue weighted by Gasteiger charge is 2.25. The molecule has 3 aromatic rings. The molecule has 5 heteroatoms. The maximum Gasteiger partial charge on any atom is 0.266 e. The van der Waals surface area contributed by atoms with E-state index in [0.29, 0.717) is 18.0 Å². The second kappa shape index (κ2) is 7.45. The first kappa shape index (κ1) is 17.6. The Hall–Kier alpha value is -2.79. The number of thiazole rings is 1. The SMILES string of the molecule is Cc1nc(-c2ccccc2)c(C(=O)N2CC=C(c3ccc(F)cc3)CC2)s1. The van der Waals surface area contributed by atoms with Crippen LogP contribution in [0.3, 0.4) is 0 Å². The smallest absolute Gasteiger partial charge is 0.266 e. The van der Waals surface area contributed by atoms with E-state index in [1.165, 1.54) is 23.5 Å². The number of aryl methyl sites for hydroxylation is 1. The minimum atomic E-state index is -0.235. The number of aromatic nitrogens is 1. The highest BCUT2D eigenvalue weighted by Crippen LogP contribution is 2.30. The molecular weight excluding hydrogens is 359 g/mol. The summed E-state index contributed by atoms with van der Waals surface area (Å²) in [6.45, 7) is 3.13. The van der Waals surface area contributed by atoms with Crippen molar-refractivity contribution in [1.29, 1.82) is 0 Å². The Balaban J connectivity index is 1.56. The third-order valence-corrected chi connectivity index (χ3v) is 5.65. The minimum Gasteiger partial charge on any atom is -0.334 e. The summed E-state index contributed by atoms with van der Waals surface area (Å²) in [6, 6.07) is 16.4. The van der Waals surface area contributed by atoms with E-state index in [9.17, 15) is 9.18 Å². The van der Waals surface area contributed by atoms with Crippen molar-refractivity contribution in [2.45, 2.75) is 13.3 Å². The number of benzene rings is 2. The molecule has 0 saturated heterocycles. The van der Waals surface area contributed by atoms with E-state index in [1.807, 2.05) is 42.2 Å². The first-order valence-electron chi connectivity index (χ1n) is 8.89. The molecule has 0 aliphatic carbocycles. The van der Waals surface area contributed by atoms with E-state index in [-0.39, 0.29) is 11.7 Å². The number of hydrogen-bond acceptors (Lipinski definition) is 3. The van der Waals surface area contributed by atoms with Crippen molar-refractivity contribution in [3.05, 3.63) is 81.9 Å². The standard InChI is InChI=1S/C22H19FN2OS/c1-15-24-20(18-5-3-2-4-6-18)21(27-15)22(26)25-13-11-17(12-14-25)16-7-9-19(23)10-8-16/h2-11H,12-14H2,1H3. The lowest BCUT2D eigenvalue weighted by molar-refractivity contribution is 0.0778. The van der Waals surface area contributed by atoms with Gasteiger partial charge in [0.1, 0.15) is 10.7 Å². The Labute approximate surface area is 161 Å². The van der Waals surface area contributed by atoms with E-state index in [1.54, 1.807) is 12.1 Å². The van der Waals surface area contributed by atoms with Gasteiger partial charge in [0, 0.05) is 18.7 Å². The quantitative estimate of drug-likeness (QED) is 0.629. The van der Waals surface area contributed by atoms with Gasteiger partial charge in [0.25, 0.3) is 5.91 Å². The van der Waals surface area contributed by atoms with Gasteiger partial charge in [0.15, 0.2) is 0 Å². The number of hydrogen-bond donors (Lipinski definition) is 0. The van der Waals surface area contributed by atoms with Gasteiger partial charge < -0.3 is 4.90 Å². The molecule has 1 amide bonds. The van der Waals surface area contributed by atoms with Gasteiger partial charge in [-0.05, 0) is 36.6 Å². The highest BCUT2D eigenvalue weighted by atomic mass is 32.1. The van der Waals surface area contributed by atoms with Crippen molar-refractivity contribution in [2.75, 3.05) is 13.1 Å². The summed E-state index contributed by atoms with van der Waals surface area (Å²) in [4.78, 5) is 20.2. The van der Waals surface area contributed by atoms with Gasteiger partial charge in [-0.2, -0.15) is 0 Å². The molecule has 0 saturated carbocycles. The molecule has 0 N–H and O–H groups in total. The highest BCUT2D eigenvalue weighted by molar-refractivity contribution is 7.14. The normalized spacial score (nSPS) is 14.1. The van der Waals surface area contributed by atoms with Gasteiger partial charge in [-0.25, -0.2) is 9.37 Å². The number of carbonyl (C=O) groups excluding carboxylic acids is 1. The van der Waals surface area contributed by atoms with Gasteiger partial charge in [-0.15, -0.1) is 11.3 Å². The van der Waals surface area contributed by atoms with E-state index >= 15 is 0 Å². The molecule has 136 valence electrons. The summed E-state index contributed by atoms with van der Waals surface area (Å²) in [7, 11) is 0. The van der Waals surface area contributed by atoms with Crippen LogP contribution in [0.1, 0.15) is 26.7 Å². The van der Waals surface area contributed by atoms with Crippen LogP contribution in [0.2, 0.25) is 0 Å². The molecule has 4 rings (SSSR count). The van der Waals surface area contributed by atoms with Crippen LogP contribution in [0.5, 0.6) is 0 Å². The fourth-order valence-corrected chi connectivity index (χ4v) is 4.20. The van der Waals surface area contributed by atoms with Gasteiger partial charge in [-0.3, -0.25) is 4.79 Å². The fourth-order valence-electron chi connectivity index (χ4n) is 3.29. The monoisotopic (exact) mass is 378 g/mol. The summed E-state index contributed by atoms with van der Waals surface area (Å²) >= 11 is 1.45. The van der Waals surface area contributed by atoms with E-state index in [0.717, 1.165) is 33.8 Å². The molecule has 0 radical (unpaired) electrons. The largest absolute Gasteiger partial charge is 0.334 e. The van der Waals surface area contributed by atoms with Crippen molar-refractivity contribution in [3.8, 4) is 11.3 Å². The average molecular weight is 378 g/mol. The van der Waals surface area contributed by atoms with Gasteiger partial charge in [-0.1, -0.05) is 48.5 Å². The van der Waals surface area contributed by atoms with Crippen molar-refractivity contribution in [1.82, 2.24) is 9.88 Å².